The average molecular weight is 455 g/mol. The molecule has 6 nitrogen and oxygen atoms in total. The molecule has 0 aliphatic rings. The van der Waals surface area contributed by atoms with Gasteiger partial charge < -0.3 is 14.8 Å². The van der Waals surface area contributed by atoms with E-state index in [1.54, 1.807) is 31.2 Å². The van der Waals surface area contributed by atoms with Crippen LogP contribution < -0.4 is 10.1 Å². The van der Waals surface area contributed by atoms with Crippen molar-refractivity contribution in [3.05, 3.63) is 89.5 Å². The quantitative estimate of drug-likeness (QED) is 0.362. The Bertz CT molecular complexity index is 1330. The lowest BCUT2D eigenvalue weighted by Gasteiger charge is -2.13. The Morgan fingerprint density at radius 1 is 0.912 bits per heavy atom. The number of benzene rings is 3. The molecule has 1 aromatic heterocycles. The van der Waals surface area contributed by atoms with E-state index >= 15 is 0 Å². The molecule has 1 amide bonds. The number of anilines is 1. The SMILES string of the molecule is CCOC(=O)c1ccc2nc(-c3ccccc3)cc(OCC(=O)Nc3cc(C)cc(C)c3)c2c1. The number of pyridine rings is 1. The summed E-state index contributed by atoms with van der Waals surface area (Å²) in [5.74, 6) is -0.238. The summed E-state index contributed by atoms with van der Waals surface area (Å²) in [7, 11) is 0. The van der Waals surface area contributed by atoms with Crippen LogP contribution in [0.2, 0.25) is 0 Å². The average Bonchev–Trinajstić information content (AvgIpc) is 2.82. The van der Waals surface area contributed by atoms with Crippen molar-refractivity contribution in [3.8, 4) is 17.0 Å². The van der Waals surface area contributed by atoms with E-state index in [0.717, 1.165) is 22.4 Å². The fourth-order valence-corrected chi connectivity index (χ4v) is 3.80. The highest BCUT2D eigenvalue weighted by Crippen LogP contribution is 2.31. The molecular weight excluding hydrogens is 428 g/mol. The van der Waals surface area contributed by atoms with Crippen LogP contribution in [-0.4, -0.2) is 30.1 Å². The maximum atomic E-state index is 12.6. The van der Waals surface area contributed by atoms with Crippen molar-refractivity contribution >= 4 is 28.5 Å². The zero-order valence-electron chi connectivity index (χ0n) is 19.4. The number of rotatable bonds is 7. The number of hydrogen-bond acceptors (Lipinski definition) is 5. The molecule has 3 aromatic carbocycles. The zero-order valence-corrected chi connectivity index (χ0v) is 19.4. The lowest BCUT2D eigenvalue weighted by Crippen LogP contribution is -2.20. The number of aromatic nitrogens is 1. The van der Waals surface area contributed by atoms with Gasteiger partial charge in [-0.2, -0.15) is 0 Å². The third kappa shape index (κ3) is 5.41. The van der Waals surface area contributed by atoms with Crippen molar-refractivity contribution in [3.63, 3.8) is 0 Å². The highest BCUT2D eigenvalue weighted by Gasteiger charge is 2.14. The van der Waals surface area contributed by atoms with Gasteiger partial charge in [0.25, 0.3) is 5.91 Å². The Labute approximate surface area is 198 Å². The Hall–Kier alpha value is -4.19. The predicted octanol–water partition coefficient (Wildman–Crippen LogP) is 5.71. The van der Waals surface area contributed by atoms with Gasteiger partial charge in [0.1, 0.15) is 5.75 Å². The number of ether oxygens (including phenoxy) is 2. The molecule has 0 radical (unpaired) electrons. The van der Waals surface area contributed by atoms with Crippen LogP contribution in [-0.2, 0) is 9.53 Å². The molecule has 0 bridgehead atoms. The number of nitrogens with one attached hydrogen (secondary N) is 1. The Balaban J connectivity index is 1.65. The second kappa shape index (κ2) is 10.2. The molecule has 4 rings (SSSR count). The highest BCUT2D eigenvalue weighted by atomic mass is 16.5. The molecular formula is C28H26N2O4. The summed E-state index contributed by atoms with van der Waals surface area (Å²) in [5.41, 5.74) is 5.53. The minimum atomic E-state index is -0.421. The van der Waals surface area contributed by atoms with Crippen molar-refractivity contribution < 1.29 is 19.1 Å². The van der Waals surface area contributed by atoms with E-state index in [4.69, 9.17) is 14.5 Å². The fraction of sp³-hybridized carbons (Fsp3) is 0.179. The summed E-state index contributed by atoms with van der Waals surface area (Å²) >= 11 is 0. The van der Waals surface area contributed by atoms with Crippen LogP contribution in [0.1, 0.15) is 28.4 Å². The molecule has 1 heterocycles. The summed E-state index contributed by atoms with van der Waals surface area (Å²) < 4.78 is 11.1. The number of fused-ring (bicyclic) bond motifs is 1. The molecule has 0 spiro atoms. The molecule has 1 N–H and O–H groups in total. The molecule has 0 atom stereocenters. The van der Waals surface area contributed by atoms with Gasteiger partial charge in [-0.1, -0.05) is 36.4 Å². The number of esters is 1. The standard InChI is InChI=1S/C28H26N2O4/c1-4-33-28(32)21-10-11-24-23(15-21)26(16-25(30-24)20-8-6-5-7-9-20)34-17-27(31)29-22-13-18(2)12-19(3)14-22/h5-16H,4,17H2,1-3H3,(H,29,31). The number of aryl methyl sites for hydroxylation is 2. The molecule has 0 fully saturated rings. The maximum Gasteiger partial charge on any atom is 0.338 e. The van der Waals surface area contributed by atoms with Crippen LogP contribution in [0.3, 0.4) is 0 Å². The van der Waals surface area contributed by atoms with Crippen LogP contribution in [0.5, 0.6) is 5.75 Å². The zero-order chi connectivity index (χ0) is 24.1. The lowest BCUT2D eigenvalue weighted by atomic mass is 10.1. The van der Waals surface area contributed by atoms with Crippen LogP contribution in [0, 0.1) is 13.8 Å². The van der Waals surface area contributed by atoms with E-state index in [-0.39, 0.29) is 19.1 Å². The number of hydrogen-bond donors (Lipinski definition) is 1. The summed E-state index contributed by atoms with van der Waals surface area (Å²) in [6, 6.07) is 22.5. The molecule has 4 aromatic rings. The van der Waals surface area contributed by atoms with Crippen molar-refractivity contribution in [2.45, 2.75) is 20.8 Å². The van der Waals surface area contributed by atoms with E-state index < -0.39 is 5.97 Å². The number of amides is 1. The second-order valence-electron chi connectivity index (χ2n) is 8.04. The van der Waals surface area contributed by atoms with Crippen LogP contribution >= 0.6 is 0 Å². The minimum absolute atomic E-state index is 0.191. The van der Waals surface area contributed by atoms with Crippen LogP contribution in [0.4, 0.5) is 5.69 Å². The van der Waals surface area contributed by atoms with Crippen molar-refractivity contribution in [1.82, 2.24) is 4.98 Å². The summed E-state index contributed by atoms with van der Waals surface area (Å²) in [6.07, 6.45) is 0. The topological polar surface area (TPSA) is 77.5 Å². The molecule has 0 saturated heterocycles. The smallest absolute Gasteiger partial charge is 0.338 e. The first kappa shape index (κ1) is 23.0. The monoisotopic (exact) mass is 454 g/mol. The van der Waals surface area contributed by atoms with E-state index in [9.17, 15) is 9.59 Å². The number of nitrogens with zero attached hydrogens (tertiary/aromatic N) is 1. The first-order valence-electron chi connectivity index (χ1n) is 11.1. The Morgan fingerprint density at radius 3 is 2.35 bits per heavy atom. The normalized spacial score (nSPS) is 10.7. The largest absolute Gasteiger partial charge is 0.483 e. The highest BCUT2D eigenvalue weighted by molar-refractivity contribution is 5.97. The summed E-state index contributed by atoms with van der Waals surface area (Å²) in [6.45, 7) is 5.81. The molecule has 0 saturated carbocycles. The van der Waals surface area contributed by atoms with E-state index in [1.165, 1.54) is 0 Å². The van der Waals surface area contributed by atoms with E-state index in [1.807, 2.05) is 62.4 Å². The third-order valence-electron chi connectivity index (χ3n) is 5.22. The van der Waals surface area contributed by atoms with Gasteiger partial charge in [-0.25, -0.2) is 9.78 Å². The van der Waals surface area contributed by atoms with E-state index in [0.29, 0.717) is 27.9 Å². The first-order chi connectivity index (χ1) is 16.4. The van der Waals surface area contributed by atoms with Crippen molar-refractivity contribution in [2.75, 3.05) is 18.5 Å². The van der Waals surface area contributed by atoms with Gasteiger partial charge in [0.2, 0.25) is 0 Å². The van der Waals surface area contributed by atoms with Crippen molar-refractivity contribution in [2.24, 2.45) is 0 Å². The van der Waals surface area contributed by atoms with Crippen LogP contribution in [0.25, 0.3) is 22.2 Å². The van der Waals surface area contributed by atoms with Gasteiger partial charge in [0.15, 0.2) is 6.61 Å². The minimum Gasteiger partial charge on any atom is -0.483 e. The summed E-state index contributed by atoms with van der Waals surface area (Å²) in [5, 5.41) is 3.51. The first-order valence-corrected chi connectivity index (χ1v) is 11.1. The molecule has 0 unspecified atom stereocenters. The molecule has 0 aliphatic carbocycles. The molecule has 172 valence electrons. The summed E-state index contributed by atoms with van der Waals surface area (Å²) in [4.78, 5) is 29.6. The molecule has 6 heteroatoms. The predicted molar refractivity (Wildman–Crippen MR) is 133 cm³/mol. The van der Waals surface area contributed by atoms with Crippen molar-refractivity contribution in [1.29, 1.82) is 0 Å². The van der Waals surface area contributed by atoms with Crippen LogP contribution in [0.15, 0.2) is 72.8 Å². The Kier molecular flexibility index (Phi) is 6.87. The van der Waals surface area contributed by atoms with E-state index in [2.05, 4.69) is 5.32 Å². The fourth-order valence-electron chi connectivity index (χ4n) is 3.80. The molecule has 0 aliphatic heterocycles. The number of carbonyl (C=O) groups excluding carboxylic acids is 2. The Morgan fingerprint density at radius 2 is 1.65 bits per heavy atom. The van der Waals surface area contributed by atoms with Gasteiger partial charge in [-0.3, -0.25) is 4.79 Å². The molecule has 34 heavy (non-hydrogen) atoms. The number of carbonyl (C=O) groups is 2. The lowest BCUT2D eigenvalue weighted by molar-refractivity contribution is -0.118. The second-order valence-corrected chi connectivity index (χ2v) is 8.04. The third-order valence-corrected chi connectivity index (χ3v) is 5.22. The van der Waals surface area contributed by atoms with Gasteiger partial charge in [0.05, 0.1) is 23.4 Å². The maximum absolute atomic E-state index is 12.6. The van der Waals surface area contributed by atoms with Gasteiger partial charge in [0, 0.05) is 22.7 Å². The van der Waals surface area contributed by atoms with Gasteiger partial charge in [-0.05, 0) is 62.2 Å². The van der Waals surface area contributed by atoms with Gasteiger partial charge >= 0.3 is 5.97 Å². The van der Waals surface area contributed by atoms with Gasteiger partial charge in [-0.15, -0.1) is 0 Å².